The molecule has 0 fully saturated rings. The van der Waals surface area contributed by atoms with Crippen LogP contribution < -0.4 is 10.2 Å². The largest absolute Gasteiger partial charge is 0.341 e. The van der Waals surface area contributed by atoms with E-state index in [1.807, 2.05) is 19.1 Å². The van der Waals surface area contributed by atoms with Crippen LogP contribution in [0.15, 0.2) is 30.6 Å². The first kappa shape index (κ1) is 19.9. The van der Waals surface area contributed by atoms with Gasteiger partial charge >= 0.3 is 0 Å². The second-order valence-electron chi connectivity index (χ2n) is 6.91. The van der Waals surface area contributed by atoms with Crippen molar-refractivity contribution < 1.29 is 4.79 Å². The molecule has 0 spiro atoms. The molecule has 26 heavy (non-hydrogen) atoms. The van der Waals surface area contributed by atoms with Gasteiger partial charge in [0.1, 0.15) is 0 Å². The summed E-state index contributed by atoms with van der Waals surface area (Å²) >= 11 is 0. The molecule has 0 radical (unpaired) electrons. The Morgan fingerprint density at radius 2 is 1.73 bits per heavy atom. The normalized spacial score (nSPS) is 10.8. The maximum Gasteiger partial charge on any atom is 0.258 e. The molecule has 1 amide bonds. The highest BCUT2D eigenvalue weighted by atomic mass is 16.1. The van der Waals surface area contributed by atoms with E-state index >= 15 is 0 Å². The van der Waals surface area contributed by atoms with Crippen LogP contribution in [0.5, 0.6) is 0 Å². The predicted octanol–water partition coefficient (Wildman–Crippen LogP) is 4.79. The van der Waals surface area contributed by atoms with E-state index in [-0.39, 0.29) is 5.91 Å². The summed E-state index contributed by atoms with van der Waals surface area (Å²) in [7, 11) is 0. The molecule has 0 aliphatic rings. The Kier molecular flexibility index (Phi) is 7.13. The average molecular weight is 354 g/mol. The molecule has 5 nitrogen and oxygen atoms in total. The summed E-state index contributed by atoms with van der Waals surface area (Å²) in [6, 6.07) is 6.09. The Hall–Kier alpha value is -2.43. The molecule has 2 aromatic rings. The summed E-state index contributed by atoms with van der Waals surface area (Å²) in [6.07, 6.45) is 5.31. The maximum atomic E-state index is 12.7. The fourth-order valence-electron chi connectivity index (χ4n) is 2.98. The number of carbonyl (C=O) groups excluding carboxylic acids is 1. The molecule has 0 unspecified atom stereocenters. The second kappa shape index (κ2) is 9.32. The van der Waals surface area contributed by atoms with E-state index in [2.05, 4.69) is 53.9 Å². The van der Waals surface area contributed by atoms with Crippen LogP contribution >= 0.6 is 0 Å². The number of anilines is 2. The monoisotopic (exact) mass is 354 g/mol. The van der Waals surface area contributed by atoms with Gasteiger partial charge in [0.2, 0.25) is 5.95 Å². The van der Waals surface area contributed by atoms with Crippen LogP contribution in [0.25, 0.3) is 0 Å². The molecule has 2 rings (SSSR count). The van der Waals surface area contributed by atoms with Crippen molar-refractivity contribution in [1.29, 1.82) is 0 Å². The second-order valence-corrected chi connectivity index (χ2v) is 6.91. The molecule has 0 aliphatic heterocycles. The van der Waals surface area contributed by atoms with Gasteiger partial charge in [-0.3, -0.25) is 4.79 Å². The van der Waals surface area contributed by atoms with E-state index in [1.54, 1.807) is 12.4 Å². The highest BCUT2D eigenvalue weighted by Crippen LogP contribution is 2.27. The molecule has 0 atom stereocenters. The Morgan fingerprint density at radius 3 is 2.27 bits per heavy atom. The topological polar surface area (TPSA) is 58.1 Å². The molecular weight excluding hydrogens is 324 g/mol. The number of para-hydroxylation sites is 1. The lowest BCUT2D eigenvalue weighted by Crippen LogP contribution is -2.27. The average Bonchev–Trinajstić information content (AvgIpc) is 2.63. The fourth-order valence-corrected chi connectivity index (χ4v) is 2.98. The quantitative estimate of drug-likeness (QED) is 0.740. The number of aryl methyl sites for hydroxylation is 1. The van der Waals surface area contributed by atoms with Crippen molar-refractivity contribution in [3.63, 3.8) is 0 Å². The van der Waals surface area contributed by atoms with Gasteiger partial charge in [0, 0.05) is 31.2 Å². The zero-order valence-electron chi connectivity index (χ0n) is 16.5. The van der Waals surface area contributed by atoms with E-state index in [1.165, 1.54) is 0 Å². The number of aromatic nitrogens is 2. The number of rotatable bonds is 8. The van der Waals surface area contributed by atoms with Crippen molar-refractivity contribution in [2.75, 3.05) is 23.3 Å². The third-order valence-corrected chi connectivity index (χ3v) is 4.34. The third-order valence-electron chi connectivity index (χ3n) is 4.34. The highest BCUT2D eigenvalue weighted by molar-refractivity contribution is 6.04. The van der Waals surface area contributed by atoms with Crippen LogP contribution in [-0.2, 0) is 0 Å². The predicted molar refractivity (Wildman–Crippen MR) is 108 cm³/mol. The van der Waals surface area contributed by atoms with Crippen LogP contribution in [0.1, 0.15) is 67.9 Å². The summed E-state index contributed by atoms with van der Waals surface area (Å²) in [5.41, 5.74) is 3.54. The lowest BCUT2D eigenvalue weighted by Gasteiger charge is -2.21. The first-order chi connectivity index (χ1) is 12.5. The molecule has 0 saturated heterocycles. The van der Waals surface area contributed by atoms with E-state index < -0.39 is 0 Å². The van der Waals surface area contributed by atoms with Crippen molar-refractivity contribution in [2.24, 2.45) is 0 Å². The van der Waals surface area contributed by atoms with Crippen LogP contribution in [-0.4, -0.2) is 29.0 Å². The number of hydrogen-bond donors (Lipinski definition) is 1. The van der Waals surface area contributed by atoms with Gasteiger partial charge in [-0.15, -0.1) is 0 Å². The number of nitrogens with one attached hydrogen (secondary N) is 1. The molecule has 1 heterocycles. The van der Waals surface area contributed by atoms with E-state index in [0.717, 1.165) is 42.7 Å². The lowest BCUT2D eigenvalue weighted by molar-refractivity contribution is 0.102. The summed E-state index contributed by atoms with van der Waals surface area (Å²) in [5.74, 6) is 0.842. The summed E-state index contributed by atoms with van der Waals surface area (Å²) < 4.78 is 0. The Bertz CT molecular complexity index is 719. The summed E-state index contributed by atoms with van der Waals surface area (Å²) in [6.45, 7) is 12.4. The molecule has 1 N–H and O–H groups in total. The van der Waals surface area contributed by atoms with Gasteiger partial charge in [-0.25, -0.2) is 9.97 Å². The zero-order chi connectivity index (χ0) is 19.1. The molecule has 0 aliphatic carbocycles. The minimum Gasteiger partial charge on any atom is -0.341 e. The van der Waals surface area contributed by atoms with Gasteiger partial charge < -0.3 is 10.2 Å². The van der Waals surface area contributed by atoms with Gasteiger partial charge in [0.15, 0.2) is 0 Å². The van der Waals surface area contributed by atoms with Crippen molar-refractivity contribution in [3.05, 3.63) is 47.3 Å². The summed E-state index contributed by atoms with van der Waals surface area (Å²) in [5, 5.41) is 3.04. The number of hydrogen-bond acceptors (Lipinski definition) is 4. The minimum atomic E-state index is -0.176. The number of benzene rings is 1. The van der Waals surface area contributed by atoms with Gasteiger partial charge in [0.25, 0.3) is 5.91 Å². The van der Waals surface area contributed by atoms with Gasteiger partial charge in [-0.2, -0.15) is 0 Å². The smallest absolute Gasteiger partial charge is 0.258 e. The Morgan fingerprint density at radius 1 is 1.12 bits per heavy atom. The van der Waals surface area contributed by atoms with Crippen molar-refractivity contribution in [1.82, 2.24) is 9.97 Å². The number of carbonyl (C=O) groups is 1. The first-order valence-corrected chi connectivity index (χ1v) is 9.45. The maximum absolute atomic E-state index is 12.7. The van der Waals surface area contributed by atoms with Crippen LogP contribution in [0.3, 0.4) is 0 Å². The standard InChI is InChI=1S/C21H30N4O/c1-6-11-25(12-7-2)21-22-13-17(14-23-21)20(26)24-19-16(5)9-8-10-18(19)15(3)4/h8-10,13-15H,6-7,11-12H2,1-5H3,(H,24,26). The molecular formula is C21H30N4O. The van der Waals surface area contributed by atoms with E-state index in [4.69, 9.17) is 0 Å². The van der Waals surface area contributed by atoms with E-state index in [9.17, 15) is 4.79 Å². The Balaban J connectivity index is 2.19. The van der Waals surface area contributed by atoms with Crippen molar-refractivity contribution >= 4 is 17.5 Å². The van der Waals surface area contributed by atoms with Gasteiger partial charge in [-0.1, -0.05) is 45.9 Å². The molecule has 5 heteroatoms. The van der Waals surface area contributed by atoms with Crippen molar-refractivity contribution in [2.45, 2.75) is 53.4 Å². The fraction of sp³-hybridized carbons (Fsp3) is 0.476. The van der Waals surface area contributed by atoms with Crippen LogP contribution in [0, 0.1) is 6.92 Å². The van der Waals surface area contributed by atoms with Crippen molar-refractivity contribution in [3.8, 4) is 0 Å². The SMILES string of the molecule is CCCN(CCC)c1ncc(C(=O)Nc2c(C)cccc2C(C)C)cn1. The summed E-state index contributed by atoms with van der Waals surface area (Å²) in [4.78, 5) is 23.6. The lowest BCUT2D eigenvalue weighted by atomic mass is 9.98. The van der Waals surface area contributed by atoms with Gasteiger partial charge in [-0.05, 0) is 36.8 Å². The molecule has 0 bridgehead atoms. The first-order valence-electron chi connectivity index (χ1n) is 9.45. The van der Waals surface area contributed by atoms with Crippen LogP contribution in [0.4, 0.5) is 11.6 Å². The van der Waals surface area contributed by atoms with E-state index in [0.29, 0.717) is 17.4 Å². The number of nitrogens with zero attached hydrogens (tertiary/aromatic N) is 3. The highest BCUT2D eigenvalue weighted by Gasteiger charge is 2.15. The van der Waals surface area contributed by atoms with Gasteiger partial charge in [0.05, 0.1) is 5.56 Å². The minimum absolute atomic E-state index is 0.176. The number of amides is 1. The molecule has 0 saturated carbocycles. The molecule has 1 aromatic carbocycles. The molecule has 140 valence electrons. The third kappa shape index (κ3) is 4.81. The molecule has 1 aromatic heterocycles. The Labute approximate surface area is 156 Å². The van der Waals surface area contributed by atoms with Crippen LogP contribution in [0.2, 0.25) is 0 Å². The zero-order valence-corrected chi connectivity index (χ0v) is 16.5.